The molecule has 1 atom stereocenters. The summed E-state index contributed by atoms with van der Waals surface area (Å²) in [5.41, 5.74) is 0. The molecule has 0 aliphatic heterocycles. The van der Waals surface area contributed by atoms with Crippen molar-refractivity contribution < 1.29 is 29.1 Å². The Morgan fingerprint density at radius 1 is 0.708 bits per heavy atom. The molecule has 0 aliphatic rings. The maximum Gasteiger partial charge on any atom is 0.469 e. The number of phosphoric acid groups is 1. The van der Waals surface area contributed by atoms with Crippen molar-refractivity contribution in [1.82, 2.24) is 0 Å². The predicted octanol–water partition coefficient (Wildman–Crippen LogP) is 3.91. The minimum atomic E-state index is -4.28. The lowest BCUT2D eigenvalue weighted by Crippen LogP contribution is -2.10. The van der Waals surface area contributed by atoms with E-state index in [9.17, 15) is 9.67 Å². The maximum atomic E-state index is 10.5. The third-order valence-electron chi connectivity index (χ3n) is 4.15. The molecular formula is C17H37O6P. The quantitative estimate of drug-likeness (QED) is 0.216. The van der Waals surface area contributed by atoms with Gasteiger partial charge in [-0.2, -0.15) is 0 Å². The van der Waals surface area contributed by atoms with Crippen LogP contribution in [-0.2, 0) is 9.09 Å². The Labute approximate surface area is 146 Å². The summed E-state index contributed by atoms with van der Waals surface area (Å²) in [7, 11) is -4.28. The minimum absolute atomic E-state index is 0.124. The predicted molar refractivity (Wildman–Crippen MR) is 95.7 cm³/mol. The van der Waals surface area contributed by atoms with Crippen LogP contribution in [0.3, 0.4) is 0 Å². The van der Waals surface area contributed by atoms with E-state index in [0.717, 1.165) is 25.7 Å². The summed E-state index contributed by atoms with van der Waals surface area (Å²) in [6.45, 7) is 0.0183. The van der Waals surface area contributed by atoms with E-state index in [1.807, 2.05) is 0 Å². The highest BCUT2D eigenvalue weighted by atomic mass is 31.2. The monoisotopic (exact) mass is 368 g/mol. The summed E-state index contributed by atoms with van der Waals surface area (Å²) in [5, 5.41) is 17.9. The van der Waals surface area contributed by atoms with Crippen LogP contribution >= 0.6 is 7.82 Å². The van der Waals surface area contributed by atoms with Gasteiger partial charge in [-0.15, -0.1) is 0 Å². The van der Waals surface area contributed by atoms with Crippen LogP contribution in [0, 0.1) is 0 Å². The van der Waals surface area contributed by atoms with E-state index >= 15 is 0 Å². The molecule has 0 rings (SSSR count). The highest BCUT2D eigenvalue weighted by molar-refractivity contribution is 7.46. The highest BCUT2D eigenvalue weighted by Crippen LogP contribution is 2.35. The van der Waals surface area contributed by atoms with Crippen LogP contribution in [0.2, 0.25) is 0 Å². The van der Waals surface area contributed by atoms with Crippen molar-refractivity contribution >= 4 is 7.82 Å². The van der Waals surface area contributed by atoms with Gasteiger partial charge < -0.3 is 20.0 Å². The van der Waals surface area contributed by atoms with Crippen molar-refractivity contribution in [2.75, 3.05) is 13.2 Å². The standard InChI is InChI=1S/C17H37O6P/c18-16-17(19)14-12-10-8-6-4-2-1-3-5-7-9-11-13-15-23-24(20,21)22/h17-19H,1-16H2,(H2,20,21,22). The second kappa shape index (κ2) is 16.5. The number of aliphatic hydroxyl groups excluding tert-OH is 2. The Morgan fingerprint density at radius 2 is 1.08 bits per heavy atom. The van der Waals surface area contributed by atoms with Crippen LogP contribution in [0.15, 0.2) is 0 Å². The van der Waals surface area contributed by atoms with E-state index in [2.05, 4.69) is 4.52 Å². The van der Waals surface area contributed by atoms with E-state index in [1.54, 1.807) is 0 Å². The normalized spacial score (nSPS) is 13.3. The first-order valence-corrected chi connectivity index (χ1v) is 11.0. The molecule has 0 saturated carbocycles. The first kappa shape index (κ1) is 24.0. The lowest BCUT2D eigenvalue weighted by molar-refractivity contribution is 0.0860. The molecule has 0 aliphatic carbocycles. The molecule has 0 aromatic heterocycles. The third kappa shape index (κ3) is 20.1. The first-order valence-electron chi connectivity index (χ1n) is 9.44. The van der Waals surface area contributed by atoms with E-state index in [-0.39, 0.29) is 13.2 Å². The number of rotatable bonds is 18. The van der Waals surface area contributed by atoms with Crippen LogP contribution in [0.5, 0.6) is 0 Å². The molecule has 146 valence electrons. The minimum Gasteiger partial charge on any atom is -0.394 e. The Hall–Kier alpha value is 0.0300. The highest BCUT2D eigenvalue weighted by Gasteiger charge is 2.12. The summed E-state index contributed by atoms with van der Waals surface area (Å²) < 4.78 is 14.9. The summed E-state index contributed by atoms with van der Waals surface area (Å²) in [4.78, 5) is 17.0. The van der Waals surface area contributed by atoms with E-state index in [4.69, 9.17) is 14.9 Å². The number of unbranched alkanes of at least 4 members (excludes halogenated alkanes) is 12. The molecule has 1 unspecified atom stereocenters. The van der Waals surface area contributed by atoms with Crippen LogP contribution in [-0.4, -0.2) is 39.3 Å². The van der Waals surface area contributed by atoms with Gasteiger partial charge in [-0.05, 0) is 12.8 Å². The zero-order valence-electron chi connectivity index (χ0n) is 14.9. The van der Waals surface area contributed by atoms with Crippen LogP contribution in [0.25, 0.3) is 0 Å². The molecule has 0 bridgehead atoms. The summed E-state index contributed by atoms with van der Waals surface area (Å²) in [5.74, 6) is 0. The van der Waals surface area contributed by atoms with Crippen molar-refractivity contribution in [1.29, 1.82) is 0 Å². The van der Waals surface area contributed by atoms with Gasteiger partial charge in [-0.25, -0.2) is 4.57 Å². The molecule has 7 heteroatoms. The van der Waals surface area contributed by atoms with Gasteiger partial charge in [0, 0.05) is 0 Å². The van der Waals surface area contributed by atoms with Crippen molar-refractivity contribution in [2.24, 2.45) is 0 Å². The summed E-state index contributed by atoms with van der Waals surface area (Å²) >= 11 is 0. The molecular weight excluding hydrogens is 331 g/mol. The van der Waals surface area contributed by atoms with Gasteiger partial charge in [0.15, 0.2) is 0 Å². The molecule has 0 fully saturated rings. The van der Waals surface area contributed by atoms with Gasteiger partial charge in [0.05, 0.1) is 19.3 Å². The number of phosphoric ester groups is 1. The fourth-order valence-corrected chi connectivity index (χ4v) is 3.07. The average Bonchev–Trinajstić information content (AvgIpc) is 2.53. The largest absolute Gasteiger partial charge is 0.469 e. The first-order chi connectivity index (χ1) is 11.5. The Kier molecular flexibility index (Phi) is 16.5. The Morgan fingerprint density at radius 3 is 1.46 bits per heavy atom. The fraction of sp³-hybridized carbons (Fsp3) is 1.00. The molecule has 0 heterocycles. The van der Waals surface area contributed by atoms with Gasteiger partial charge >= 0.3 is 7.82 Å². The molecule has 24 heavy (non-hydrogen) atoms. The molecule has 0 saturated heterocycles. The molecule has 4 N–H and O–H groups in total. The topological polar surface area (TPSA) is 107 Å². The van der Waals surface area contributed by atoms with Crippen molar-refractivity contribution in [2.45, 2.75) is 96.0 Å². The average molecular weight is 368 g/mol. The van der Waals surface area contributed by atoms with E-state index in [0.29, 0.717) is 12.8 Å². The number of hydrogen-bond donors (Lipinski definition) is 4. The van der Waals surface area contributed by atoms with Crippen LogP contribution < -0.4 is 0 Å². The van der Waals surface area contributed by atoms with E-state index < -0.39 is 13.9 Å². The van der Waals surface area contributed by atoms with E-state index in [1.165, 1.54) is 51.4 Å². The van der Waals surface area contributed by atoms with Crippen LogP contribution in [0.4, 0.5) is 0 Å². The molecule has 0 amide bonds. The lowest BCUT2D eigenvalue weighted by Gasteiger charge is -2.06. The van der Waals surface area contributed by atoms with Crippen molar-refractivity contribution in [3.63, 3.8) is 0 Å². The summed E-state index contributed by atoms with van der Waals surface area (Å²) in [6, 6.07) is 0. The maximum absolute atomic E-state index is 10.5. The Bertz CT molecular complexity index is 307. The number of aliphatic hydroxyl groups is 2. The zero-order valence-corrected chi connectivity index (χ0v) is 15.8. The third-order valence-corrected chi connectivity index (χ3v) is 4.67. The SMILES string of the molecule is O=P(O)(O)OCCCCCCCCCCCCCCCC(O)CO. The molecule has 0 aromatic carbocycles. The van der Waals surface area contributed by atoms with Gasteiger partial charge in [-0.3, -0.25) is 4.52 Å². The zero-order chi connectivity index (χ0) is 18.1. The fourth-order valence-electron chi connectivity index (χ4n) is 2.70. The summed E-state index contributed by atoms with van der Waals surface area (Å²) in [6.07, 6.45) is 15.1. The lowest BCUT2D eigenvalue weighted by atomic mass is 10.0. The van der Waals surface area contributed by atoms with Gasteiger partial charge in [0.1, 0.15) is 0 Å². The second-order valence-electron chi connectivity index (χ2n) is 6.55. The molecule has 6 nitrogen and oxygen atoms in total. The van der Waals surface area contributed by atoms with Crippen molar-refractivity contribution in [3.05, 3.63) is 0 Å². The second-order valence-corrected chi connectivity index (χ2v) is 7.78. The molecule has 0 spiro atoms. The van der Waals surface area contributed by atoms with Gasteiger partial charge in [0.2, 0.25) is 0 Å². The van der Waals surface area contributed by atoms with Crippen molar-refractivity contribution in [3.8, 4) is 0 Å². The molecule has 0 radical (unpaired) electrons. The smallest absolute Gasteiger partial charge is 0.394 e. The molecule has 0 aromatic rings. The van der Waals surface area contributed by atoms with Gasteiger partial charge in [-0.1, -0.05) is 77.0 Å². The van der Waals surface area contributed by atoms with Gasteiger partial charge in [0.25, 0.3) is 0 Å². The van der Waals surface area contributed by atoms with Crippen LogP contribution in [0.1, 0.15) is 89.9 Å². The Balaban J connectivity index is 3.06. The number of hydrogen-bond acceptors (Lipinski definition) is 4.